The van der Waals surface area contributed by atoms with Crippen molar-refractivity contribution in [3.63, 3.8) is 0 Å². The van der Waals surface area contributed by atoms with Crippen LogP contribution in [0.4, 0.5) is 0 Å². The number of hydrogen-bond donors (Lipinski definition) is 1. The maximum absolute atomic E-state index is 11.9. The van der Waals surface area contributed by atoms with Crippen LogP contribution in [0.25, 0.3) is 0 Å². The molecule has 0 fully saturated rings. The van der Waals surface area contributed by atoms with E-state index in [1.54, 1.807) is 29.2 Å². The molecule has 0 atom stereocenters. The van der Waals surface area contributed by atoms with Crippen LogP contribution in [0.5, 0.6) is 0 Å². The van der Waals surface area contributed by atoms with Crippen molar-refractivity contribution in [1.29, 1.82) is 0 Å². The minimum absolute atomic E-state index is 0.173. The molecule has 1 N–H and O–H groups in total. The summed E-state index contributed by atoms with van der Waals surface area (Å²) in [6, 6.07) is 3.16. The molecule has 0 radical (unpaired) electrons. The standard InChI is InChI=1S/C12H14N2O2/c1-3-7-14(8-4-2)12(16)11-6-5-10(9-15)13-11/h3-6,9,13H,1-2,7-8H2. The monoisotopic (exact) mass is 218 g/mol. The molecule has 4 heteroatoms. The molecule has 0 saturated carbocycles. The van der Waals surface area contributed by atoms with Crippen LogP contribution < -0.4 is 0 Å². The van der Waals surface area contributed by atoms with Crippen molar-refractivity contribution in [2.45, 2.75) is 0 Å². The lowest BCUT2D eigenvalue weighted by Gasteiger charge is -2.18. The zero-order chi connectivity index (χ0) is 12.0. The summed E-state index contributed by atoms with van der Waals surface area (Å²) in [5.41, 5.74) is 0.784. The molecule has 1 rings (SSSR count). The van der Waals surface area contributed by atoms with Gasteiger partial charge < -0.3 is 9.88 Å². The lowest BCUT2D eigenvalue weighted by Crippen LogP contribution is -2.31. The van der Waals surface area contributed by atoms with E-state index in [1.807, 2.05) is 0 Å². The molecule has 16 heavy (non-hydrogen) atoms. The minimum atomic E-state index is -0.173. The van der Waals surface area contributed by atoms with Gasteiger partial charge in [0.05, 0.1) is 5.69 Å². The summed E-state index contributed by atoms with van der Waals surface area (Å²) in [4.78, 5) is 26.7. The summed E-state index contributed by atoms with van der Waals surface area (Å²) in [5, 5.41) is 0. The first-order chi connectivity index (χ1) is 7.72. The molecule has 1 amide bonds. The average molecular weight is 218 g/mol. The summed E-state index contributed by atoms with van der Waals surface area (Å²) >= 11 is 0. The maximum Gasteiger partial charge on any atom is 0.270 e. The van der Waals surface area contributed by atoms with Gasteiger partial charge in [0.15, 0.2) is 6.29 Å². The van der Waals surface area contributed by atoms with E-state index in [4.69, 9.17) is 0 Å². The number of nitrogens with one attached hydrogen (secondary N) is 1. The van der Waals surface area contributed by atoms with Gasteiger partial charge in [-0.2, -0.15) is 0 Å². The molecule has 0 aliphatic carbocycles. The molecule has 0 unspecified atom stereocenters. The lowest BCUT2D eigenvalue weighted by molar-refractivity contribution is 0.0785. The van der Waals surface area contributed by atoms with E-state index in [9.17, 15) is 9.59 Å². The number of H-pyrrole nitrogens is 1. The van der Waals surface area contributed by atoms with Crippen LogP contribution in [0.15, 0.2) is 37.4 Å². The Hall–Kier alpha value is -2.10. The first-order valence-corrected chi connectivity index (χ1v) is 4.88. The van der Waals surface area contributed by atoms with Gasteiger partial charge >= 0.3 is 0 Å². The van der Waals surface area contributed by atoms with Gasteiger partial charge in [-0.25, -0.2) is 0 Å². The van der Waals surface area contributed by atoms with Gasteiger partial charge in [-0.05, 0) is 12.1 Å². The summed E-state index contributed by atoms with van der Waals surface area (Å²) in [6.07, 6.45) is 3.96. The lowest BCUT2D eigenvalue weighted by atomic mass is 10.3. The van der Waals surface area contributed by atoms with Crippen LogP contribution in [-0.4, -0.2) is 35.2 Å². The first-order valence-electron chi connectivity index (χ1n) is 4.88. The number of rotatable bonds is 6. The van der Waals surface area contributed by atoms with Crippen LogP contribution in [0.2, 0.25) is 0 Å². The van der Waals surface area contributed by atoms with Crippen LogP contribution >= 0.6 is 0 Å². The molecule has 1 aromatic rings. The SMILES string of the molecule is C=CCN(CC=C)C(=O)c1ccc(C=O)[nH]1. The van der Waals surface area contributed by atoms with Crippen molar-refractivity contribution in [3.05, 3.63) is 48.8 Å². The van der Waals surface area contributed by atoms with Gasteiger partial charge in [-0.3, -0.25) is 9.59 Å². The van der Waals surface area contributed by atoms with E-state index < -0.39 is 0 Å². The number of aromatic nitrogens is 1. The maximum atomic E-state index is 11.9. The Kier molecular flexibility index (Phi) is 4.27. The molecule has 4 nitrogen and oxygen atoms in total. The number of carbonyl (C=O) groups excluding carboxylic acids is 2. The minimum Gasteiger partial charge on any atom is -0.348 e. The van der Waals surface area contributed by atoms with E-state index in [2.05, 4.69) is 18.1 Å². The molecule has 1 heterocycles. The predicted molar refractivity (Wildman–Crippen MR) is 62.5 cm³/mol. The molecule has 0 aliphatic heterocycles. The van der Waals surface area contributed by atoms with Crippen LogP contribution in [-0.2, 0) is 0 Å². The summed E-state index contributed by atoms with van der Waals surface area (Å²) in [5.74, 6) is -0.173. The summed E-state index contributed by atoms with van der Waals surface area (Å²) in [6.45, 7) is 8.06. The van der Waals surface area contributed by atoms with E-state index >= 15 is 0 Å². The Morgan fingerprint density at radius 2 is 1.94 bits per heavy atom. The number of carbonyl (C=O) groups is 2. The molecule has 0 aliphatic rings. The molecule has 0 aromatic carbocycles. The molecule has 1 aromatic heterocycles. The van der Waals surface area contributed by atoms with E-state index in [1.165, 1.54) is 0 Å². The first kappa shape index (κ1) is 12.0. The van der Waals surface area contributed by atoms with Crippen molar-refractivity contribution >= 4 is 12.2 Å². The Morgan fingerprint density at radius 1 is 1.31 bits per heavy atom. The third-order valence-corrected chi connectivity index (χ3v) is 2.05. The van der Waals surface area contributed by atoms with Gasteiger partial charge in [0.2, 0.25) is 0 Å². The second kappa shape index (κ2) is 5.70. The Morgan fingerprint density at radius 3 is 2.38 bits per heavy atom. The molecular weight excluding hydrogens is 204 g/mol. The van der Waals surface area contributed by atoms with Crippen molar-refractivity contribution in [2.75, 3.05) is 13.1 Å². The fourth-order valence-electron chi connectivity index (χ4n) is 1.33. The van der Waals surface area contributed by atoms with E-state index in [0.717, 1.165) is 0 Å². The second-order valence-corrected chi connectivity index (χ2v) is 3.23. The molecular formula is C12H14N2O2. The number of hydrogen-bond acceptors (Lipinski definition) is 2. The predicted octanol–water partition coefficient (Wildman–Crippen LogP) is 1.64. The zero-order valence-corrected chi connectivity index (χ0v) is 8.98. The van der Waals surface area contributed by atoms with Gasteiger partial charge in [0.1, 0.15) is 5.69 Å². The molecule has 0 saturated heterocycles. The third-order valence-electron chi connectivity index (χ3n) is 2.05. The van der Waals surface area contributed by atoms with E-state index in [-0.39, 0.29) is 5.91 Å². The number of nitrogens with zero attached hydrogens (tertiary/aromatic N) is 1. The van der Waals surface area contributed by atoms with Crippen LogP contribution in [0.1, 0.15) is 21.0 Å². The largest absolute Gasteiger partial charge is 0.348 e. The van der Waals surface area contributed by atoms with Crippen molar-refractivity contribution in [1.82, 2.24) is 9.88 Å². The molecule has 0 spiro atoms. The zero-order valence-electron chi connectivity index (χ0n) is 8.98. The summed E-state index contributed by atoms with van der Waals surface area (Å²) < 4.78 is 0. The van der Waals surface area contributed by atoms with Crippen molar-refractivity contribution < 1.29 is 9.59 Å². The van der Waals surface area contributed by atoms with Crippen molar-refractivity contribution in [3.8, 4) is 0 Å². The smallest absolute Gasteiger partial charge is 0.270 e. The number of aldehydes is 1. The van der Waals surface area contributed by atoms with Gasteiger partial charge in [0.25, 0.3) is 5.91 Å². The Balaban J connectivity index is 2.84. The highest BCUT2D eigenvalue weighted by Gasteiger charge is 2.14. The molecule has 84 valence electrons. The molecule has 0 bridgehead atoms. The van der Waals surface area contributed by atoms with Crippen molar-refractivity contribution in [2.24, 2.45) is 0 Å². The van der Waals surface area contributed by atoms with Gasteiger partial charge in [-0.15, -0.1) is 13.2 Å². The highest BCUT2D eigenvalue weighted by Crippen LogP contribution is 2.05. The summed E-state index contributed by atoms with van der Waals surface area (Å²) in [7, 11) is 0. The fourth-order valence-corrected chi connectivity index (χ4v) is 1.33. The fraction of sp³-hybridized carbons (Fsp3) is 0.167. The van der Waals surface area contributed by atoms with Gasteiger partial charge in [0, 0.05) is 13.1 Å². The van der Waals surface area contributed by atoms with Crippen LogP contribution in [0.3, 0.4) is 0 Å². The highest BCUT2D eigenvalue weighted by molar-refractivity contribution is 5.93. The second-order valence-electron chi connectivity index (χ2n) is 3.23. The topological polar surface area (TPSA) is 53.2 Å². The number of amides is 1. The average Bonchev–Trinajstić information content (AvgIpc) is 2.76. The highest BCUT2D eigenvalue weighted by atomic mass is 16.2. The third kappa shape index (κ3) is 2.70. The number of aromatic amines is 1. The normalized spacial score (nSPS) is 9.50. The quantitative estimate of drug-likeness (QED) is 0.583. The van der Waals surface area contributed by atoms with Gasteiger partial charge in [-0.1, -0.05) is 12.2 Å². The Labute approximate surface area is 94.3 Å². The van der Waals surface area contributed by atoms with Crippen LogP contribution in [0, 0.1) is 0 Å². The Bertz CT molecular complexity index is 397. The van der Waals surface area contributed by atoms with E-state index in [0.29, 0.717) is 30.8 Å².